The van der Waals surface area contributed by atoms with E-state index in [1.165, 1.54) is 37.7 Å². The minimum absolute atomic E-state index is 0.231. The third kappa shape index (κ3) is 3.26. The highest BCUT2D eigenvalue weighted by molar-refractivity contribution is 6.30. The van der Waals surface area contributed by atoms with Gasteiger partial charge in [0.2, 0.25) is 0 Å². The van der Waals surface area contributed by atoms with Crippen LogP contribution in [0.4, 0.5) is 0 Å². The Morgan fingerprint density at radius 1 is 1.24 bits per heavy atom. The van der Waals surface area contributed by atoms with Gasteiger partial charge in [-0.05, 0) is 43.4 Å². The molecule has 0 bridgehead atoms. The molecule has 2 aliphatic heterocycles. The molecule has 1 aliphatic carbocycles. The van der Waals surface area contributed by atoms with Gasteiger partial charge in [-0.25, -0.2) is 0 Å². The summed E-state index contributed by atoms with van der Waals surface area (Å²) in [4.78, 5) is 6.98. The molecular weight excluding hydrogens is 334 g/mol. The van der Waals surface area contributed by atoms with E-state index in [1.54, 1.807) is 0 Å². The van der Waals surface area contributed by atoms with Crippen LogP contribution in [0.5, 0.6) is 0 Å². The van der Waals surface area contributed by atoms with Gasteiger partial charge in [0.15, 0.2) is 5.96 Å². The quantitative estimate of drug-likeness (QED) is 0.661. The lowest BCUT2D eigenvalue weighted by atomic mass is 9.64. The van der Waals surface area contributed by atoms with E-state index in [9.17, 15) is 0 Å². The summed E-state index contributed by atoms with van der Waals surface area (Å²) in [6.45, 7) is 4.92. The van der Waals surface area contributed by atoms with E-state index in [0.29, 0.717) is 5.41 Å². The van der Waals surface area contributed by atoms with Crippen molar-refractivity contribution < 1.29 is 4.74 Å². The lowest BCUT2D eigenvalue weighted by Gasteiger charge is -2.43. The topological polar surface area (TPSA) is 36.9 Å². The van der Waals surface area contributed by atoms with E-state index in [-0.39, 0.29) is 5.41 Å². The van der Waals surface area contributed by atoms with E-state index in [2.05, 4.69) is 27.3 Å². The second kappa shape index (κ2) is 6.81. The molecule has 1 aromatic rings. The first-order valence-electron chi connectivity index (χ1n) is 9.44. The predicted octanol–water partition coefficient (Wildman–Crippen LogP) is 3.45. The van der Waals surface area contributed by atoms with Crippen LogP contribution in [0.25, 0.3) is 0 Å². The molecule has 4 nitrogen and oxygen atoms in total. The van der Waals surface area contributed by atoms with Crippen LogP contribution in [0.3, 0.4) is 0 Å². The average molecular weight is 362 g/mol. The number of hydrogen-bond donors (Lipinski definition) is 1. The molecule has 1 saturated carbocycles. The Morgan fingerprint density at radius 2 is 2.04 bits per heavy atom. The number of benzene rings is 1. The first-order valence-corrected chi connectivity index (χ1v) is 9.82. The molecule has 4 rings (SSSR count). The highest BCUT2D eigenvalue weighted by Crippen LogP contribution is 2.43. The SMILES string of the molecule is CN=C(NCC1(c2ccc(Cl)cc2)CCC1)N1CCC2(CCOC2)C1. The molecule has 136 valence electrons. The molecule has 0 amide bonds. The highest BCUT2D eigenvalue weighted by atomic mass is 35.5. The maximum Gasteiger partial charge on any atom is 0.193 e. The van der Waals surface area contributed by atoms with Gasteiger partial charge in [-0.3, -0.25) is 4.99 Å². The third-order valence-corrected chi connectivity index (χ3v) is 6.74. The Balaban J connectivity index is 1.41. The summed E-state index contributed by atoms with van der Waals surface area (Å²) >= 11 is 6.07. The fraction of sp³-hybridized carbons (Fsp3) is 0.650. The molecule has 0 aromatic heterocycles. The van der Waals surface area contributed by atoms with Crippen LogP contribution in [0.15, 0.2) is 29.3 Å². The largest absolute Gasteiger partial charge is 0.381 e. The van der Waals surface area contributed by atoms with Crippen molar-refractivity contribution in [1.29, 1.82) is 0 Å². The Labute approximate surface area is 155 Å². The molecule has 1 spiro atoms. The summed E-state index contributed by atoms with van der Waals surface area (Å²) in [7, 11) is 1.90. The van der Waals surface area contributed by atoms with E-state index in [0.717, 1.165) is 43.8 Å². The van der Waals surface area contributed by atoms with Crippen LogP contribution >= 0.6 is 11.6 Å². The zero-order chi connectivity index (χ0) is 17.3. The number of nitrogens with zero attached hydrogens (tertiary/aromatic N) is 2. The molecule has 0 radical (unpaired) electrons. The van der Waals surface area contributed by atoms with Crippen LogP contribution in [-0.2, 0) is 10.2 Å². The van der Waals surface area contributed by atoms with Crippen molar-refractivity contribution in [3.05, 3.63) is 34.9 Å². The van der Waals surface area contributed by atoms with Gasteiger partial charge in [0.25, 0.3) is 0 Å². The van der Waals surface area contributed by atoms with Crippen molar-refractivity contribution in [3.8, 4) is 0 Å². The maximum absolute atomic E-state index is 6.07. The van der Waals surface area contributed by atoms with Crippen molar-refractivity contribution >= 4 is 17.6 Å². The number of nitrogens with one attached hydrogen (secondary N) is 1. The van der Waals surface area contributed by atoms with Crippen LogP contribution in [-0.4, -0.2) is 50.8 Å². The van der Waals surface area contributed by atoms with Gasteiger partial charge < -0.3 is 15.0 Å². The summed E-state index contributed by atoms with van der Waals surface area (Å²) < 4.78 is 5.65. The zero-order valence-electron chi connectivity index (χ0n) is 15.1. The second-order valence-corrected chi connectivity index (χ2v) is 8.45. The van der Waals surface area contributed by atoms with E-state index in [1.807, 2.05) is 19.2 Å². The van der Waals surface area contributed by atoms with Gasteiger partial charge in [0.05, 0.1) is 6.61 Å². The minimum atomic E-state index is 0.231. The first kappa shape index (κ1) is 17.2. The number of hydrogen-bond acceptors (Lipinski definition) is 2. The Hall–Kier alpha value is -1.26. The van der Waals surface area contributed by atoms with E-state index >= 15 is 0 Å². The highest BCUT2D eigenvalue weighted by Gasteiger charge is 2.43. The number of rotatable bonds is 3. The first-order chi connectivity index (χ1) is 12.1. The summed E-state index contributed by atoms with van der Waals surface area (Å²) in [5.41, 5.74) is 1.99. The van der Waals surface area contributed by atoms with Crippen molar-refractivity contribution in [2.45, 2.75) is 37.5 Å². The fourth-order valence-electron chi connectivity index (χ4n) is 4.64. The summed E-state index contributed by atoms with van der Waals surface area (Å²) in [5, 5.41) is 4.48. The fourth-order valence-corrected chi connectivity index (χ4v) is 4.77. The molecular formula is C20H28ClN3O. The molecule has 2 heterocycles. The summed E-state index contributed by atoms with van der Waals surface area (Å²) in [6, 6.07) is 8.39. The summed E-state index contributed by atoms with van der Waals surface area (Å²) in [5.74, 6) is 1.05. The van der Waals surface area contributed by atoms with Crippen molar-refractivity contribution in [1.82, 2.24) is 10.2 Å². The van der Waals surface area contributed by atoms with Gasteiger partial charge >= 0.3 is 0 Å². The molecule has 1 atom stereocenters. The molecule has 3 aliphatic rings. The Morgan fingerprint density at radius 3 is 2.64 bits per heavy atom. The Kier molecular flexibility index (Phi) is 4.67. The van der Waals surface area contributed by atoms with Crippen LogP contribution < -0.4 is 5.32 Å². The van der Waals surface area contributed by atoms with E-state index in [4.69, 9.17) is 16.3 Å². The van der Waals surface area contributed by atoms with Crippen LogP contribution in [0, 0.1) is 5.41 Å². The molecule has 3 fully saturated rings. The molecule has 2 saturated heterocycles. The number of guanidine groups is 1. The minimum Gasteiger partial charge on any atom is -0.381 e. The smallest absolute Gasteiger partial charge is 0.193 e. The number of halogens is 1. The van der Waals surface area contributed by atoms with Crippen molar-refractivity contribution in [3.63, 3.8) is 0 Å². The monoisotopic (exact) mass is 361 g/mol. The van der Waals surface area contributed by atoms with Crippen molar-refractivity contribution in [2.75, 3.05) is 39.9 Å². The molecule has 1 aromatic carbocycles. The number of likely N-dealkylation sites (tertiary alicyclic amines) is 1. The normalized spacial score (nSPS) is 28.4. The predicted molar refractivity (Wildman–Crippen MR) is 102 cm³/mol. The lowest BCUT2D eigenvalue weighted by Crippen LogP contribution is -2.50. The van der Waals surface area contributed by atoms with Gasteiger partial charge in [0.1, 0.15) is 0 Å². The van der Waals surface area contributed by atoms with Gasteiger partial charge in [0, 0.05) is 49.1 Å². The lowest BCUT2D eigenvalue weighted by molar-refractivity contribution is 0.156. The average Bonchev–Trinajstić information content (AvgIpc) is 3.22. The van der Waals surface area contributed by atoms with Crippen LogP contribution in [0.1, 0.15) is 37.7 Å². The number of aliphatic imine (C=N–C) groups is 1. The van der Waals surface area contributed by atoms with Gasteiger partial charge in [-0.2, -0.15) is 0 Å². The number of ether oxygens (including phenoxy) is 1. The van der Waals surface area contributed by atoms with E-state index < -0.39 is 0 Å². The standard InChI is InChI=1S/C20H28ClN3O/c1-22-18(24-11-9-19(14-24)10-12-25-15-19)23-13-20(7-2-8-20)16-3-5-17(21)6-4-16/h3-6H,2,7-15H2,1H3,(H,22,23). The molecule has 25 heavy (non-hydrogen) atoms. The third-order valence-electron chi connectivity index (χ3n) is 6.49. The van der Waals surface area contributed by atoms with Gasteiger partial charge in [-0.15, -0.1) is 0 Å². The maximum atomic E-state index is 6.07. The zero-order valence-corrected chi connectivity index (χ0v) is 15.8. The van der Waals surface area contributed by atoms with Crippen molar-refractivity contribution in [2.24, 2.45) is 10.4 Å². The summed E-state index contributed by atoms with van der Waals surface area (Å²) in [6.07, 6.45) is 6.17. The van der Waals surface area contributed by atoms with Gasteiger partial charge in [-0.1, -0.05) is 30.2 Å². The molecule has 5 heteroatoms. The van der Waals surface area contributed by atoms with Crippen LogP contribution in [0.2, 0.25) is 5.02 Å². The Bertz CT molecular complexity index is 633. The molecule has 1 N–H and O–H groups in total. The molecule has 1 unspecified atom stereocenters. The second-order valence-electron chi connectivity index (χ2n) is 8.02.